The van der Waals surface area contributed by atoms with Crippen LogP contribution in [0, 0.1) is 0 Å². The molecule has 0 saturated carbocycles. The van der Waals surface area contributed by atoms with Crippen molar-refractivity contribution in [2.24, 2.45) is 0 Å². The van der Waals surface area contributed by atoms with Crippen LogP contribution in [0.25, 0.3) is 0 Å². The van der Waals surface area contributed by atoms with Gasteiger partial charge in [-0.3, -0.25) is 4.90 Å². The molecule has 3 rings (SSSR count). The van der Waals surface area contributed by atoms with E-state index in [0.29, 0.717) is 34.7 Å². The zero-order chi connectivity index (χ0) is 25.3. The van der Waals surface area contributed by atoms with Crippen LogP contribution in [-0.2, 0) is 16.0 Å². The van der Waals surface area contributed by atoms with E-state index in [2.05, 4.69) is 11.6 Å². The number of carbonyl (C=O) groups excluding carboxylic acids is 2. The lowest BCUT2D eigenvalue weighted by Gasteiger charge is -2.30. The second-order valence-corrected chi connectivity index (χ2v) is 10.2. The lowest BCUT2D eigenvalue weighted by molar-refractivity contribution is 0.0571. The van der Waals surface area contributed by atoms with Gasteiger partial charge >= 0.3 is 12.2 Å². The molecule has 2 amide bonds. The van der Waals surface area contributed by atoms with Crippen molar-refractivity contribution in [1.29, 1.82) is 0 Å². The van der Waals surface area contributed by atoms with Gasteiger partial charge in [0.1, 0.15) is 17.0 Å². The molecule has 8 nitrogen and oxygen atoms in total. The molecule has 2 aromatic rings. The molecule has 0 bridgehead atoms. The molecule has 1 N–H and O–H groups in total. The van der Waals surface area contributed by atoms with Crippen molar-refractivity contribution in [1.82, 2.24) is 4.98 Å². The van der Waals surface area contributed by atoms with Crippen molar-refractivity contribution >= 4 is 29.4 Å². The van der Waals surface area contributed by atoms with Crippen molar-refractivity contribution in [2.75, 3.05) is 9.80 Å². The van der Waals surface area contributed by atoms with Gasteiger partial charge in [0, 0.05) is 11.8 Å². The number of amides is 2. The monoisotopic (exact) mass is 467 g/mol. The highest BCUT2D eigenvalue weighted by atomic mass is 16.6. The lowest BCUT2D eigenvalue weighted by Crippen LogP contribution is -2.37. The van der Waals surface area contributed by atoms with E-state index in [1.54, 1.807) is 84.1 Å². The summed E-state index contributed by atoms with van der Waals surface area (Å²) in [7, 11) is 0. The number of anilines is 3. The normalized spacial score (nSPS) is 14.4. The number of carbonyl (C=O) groups is 2. The van der Waals surface area contributed by atoms with Gasteiger partial charge in [0.05, 0.1) is 24.0 Å². The minimum Gasteiger partial charge on any atom is -0.443 e. The Morgan fingerprint density at radius 1 is 1.09 bits per heavy atom. The molecular formula is C26H33N3O5. The SMILES string of the molecule is C=CCC(O)c1ccc2c(c1)N(C(=O)OC(C)(C)C)Cc1cccnc1N2C(=O)OC(C)(C)C. The van der Waals surface area contributed by atoms with Crippen molar-refractivity contribution in [3.05, 3.63) is 60.3 Å². The number of aromatic nitrogens is 1. The molecule has 0 aliphatic carbocycles. The fourth-order valence-corrected chi connectivity index (χ4v) is 3.54. The zero-order valence-corrected chi connectivity index (χ0v) is 20.7. The summed E-state index contributed by atoms with van der Waals surface area (Å²) in [5, 5.41) is 10.6. The average molecular weight is 468 g/mol. The minimum atomic E-state index is -0.818. The third-order valence-corrected chi connectivity index (χ3v) is 4.90. The quantitative estimate of drug-likeness (QED) is 0.555. The maximum atomic E-state index is 13.4. The smallest absolute Gasteiger partial charge is 0.420 e. The molecule has 1 unspecified atom stereocenters. The van der Waals surface area contributed by atoms with E-state index in [1.807, 2.05) is 0 Å². The summed E-state index contributed by atoms with van der Waals surface area (Å²) >= 11 is 0. The first kappa shape index (κ1) is 25.2. The number of rotatable bonds is 3. The summed E-state index contributed by atoms with van der Waals surface area (Å²) < 4.78 is 11.4. The van der Waals surface area contributed by atoms with Gasteiger partial charge in [0.15, 0.2) is 0 Å². The van der Waals surface area contributed by atoms with E-state index < -0.39 is 29.5 Å². The standard InChI is InChI=1S/C26H33N3O5/c1-8-10-21(30)17-12-13-19-20(15-17)28(23(31)33-25(2,3)4)16-18-11-9-14-27-22(18)29(19)24(32)34-26(5,6)7/h8-9,11-15,21,30H,1,10,16H2,2-7H3. The third kappa shape index (κ3) is 5.75. The first-order valence-corrected chi connectivity index (χ1v) is 11.2. The first-order chi connectivity index (χ1) is 15.8. The van der Waals surface area contributed by atoms with E-state index in [9.17, 15) is 14.7 Å². The number of benzene rings is 1. The van der Waals surface area contributed by atoms with E-state index in [1.165, 1.54) is 9.80 Å². The number of fused-ring (bicyclic) bond motifs is 2. The highest BCUT2D eigenvalue weighted by molar-refractivity contribution is 6.04. The minimum absolute atomic E-state index is 0.116. The van der Waals surface area contributed by atoms with Crippen LogP contribution in [-0.4, -0.2) is 33.5 Å². The molecule has 1 atom stereocenters. The van der Waals surface area contributed by atoms with Crippen molar-refractivity contribution in [3.8, 4) is 0 Å². The number of nitrogens with zero attached hydrogens (tertiary/aromatic N) is 3. The van der Waals surface area contributed by atoms with Gasteiger partial charge in [-0.15, -0.1) is 6.58 Å². The van der Waals surface area contributed by atoms with Crippen LogP contribution in [0.15, 0.2) is 49.2 Å². The number of pyridine rings is 1. The van der Waals surface area contributed by atoms with Crippen LogP contribution < -0.4 is 9.80 Å². The zero-order valence-electron chi connectivity index (χ0n) is 20.7. The van der Waals surface area contributed by atoms with Gasteiger partial charge in [-0.1, -0.05) is 18.2 Å². The van der Waals surface area contributed by atoms with Crippen LogP contribution in [0.5, 0.6) is 0 Å². The van der Waals surface area contributed by atoms with Crippen molar-refractivity contribution in [3.63, 3.8) is 0 Å². The van der Waals surface area contributed by atoms with Crippen LogP contribution in [0.4, 0.5) is 26.8 Å². The fourth-order valence-electron chi connectivity index (χ4n) is 3.54. The maximum absolute atomic E-state index is 13.4. The number of aliphatic hydroxyl groups excluding tert-OH is 1. The molecule has 1 aliphatic heterocycles. The van der Waals surface area contributed by atoms with Gasteiger partial charge < -0.3 is 14.6 Å². The van der Waals surface area contributed by atoms with Crippen LogP contribution >= 0.6 is 0 Å². The molecule has 0 radical (unpaired) electrons. The highest BCUT2D eigenvalue weighted by Gasteiger charge is 2.36. The van der Waals surface area contributed by atoms with Crippen LogP contribution in [0.1, 0.15) is 65.2 Å². The van der Waals surface area contributed by atoms with E-state index in [-0.39, 0.29) is 6.54 Å². The molecule has 0 spiro atoms. The molecule has 0 saturated heterocycles. The second kappa shape index (κ2) is 9.46. The van der Waals surface area contributed by atoms with Gasteiger partial charge in [0.2, 0.25) is 0 Å². The van der Waals surface area contributed by atoms with Crippen molar-refractivity contribution < 1.29 is 24.2 Å². The van der Waals surface area contributed by atoms with Gasteiger partial charge in [-0.2, -0.15) is 0 Å². The fraction of sp³-hybridized carbons (Fsp3) is 0.423. The number of ether oxygens (including phenoxy) is 2. The molecule has 1 aromatic carbocycles. The summed E-state index contributed by atoms with van der Waals surface area (Å²) in [5.74, 6) is 0.364. The summed E-state index contributed by atoms with van der Waals surface area (Å²) in [6.07, 6.45) is 1.52. The Bertz CT molecular complexity index is 1080. The predicted octanol–water partition coefficient (Wildman–Crippen LogP) is 6.02. The van der Waals surface area contributed by atoms with Gasteiger partial charge in [-0.25, -0.2) is 19.5 Å². The summed E-state index contributed by atoms with van der Waals surface area (Å²) in [4.78, 5) is 34.0. The Labute approximate surface area is 200 Å². The Kier molecular flexibility index (Phi) is 7.02. The summed E-state index contributed by atoms with van der Waals surface area (Å²) in [6.45, 7) is 14.5. The second-order valence-electron chi connectivity index (χ2n) is 10.2. The molecule has 182 valence electrons. The largest absolute Gasteiger partial charge is 0.443 e. The average Bonchev–Trinajstić information content (AvgIpc) is 2.85. The lowest BCUT2D eigenvalue weighted by atomic mass is 10.0. The number of hydrogen-bond donors (Lipinski definition) is 1. The predicted molar refractivity (Wildman–Crippen MR) is 131 cm³/mol. The van der Waals surface area contributed by atoms with Crippen LogP contribution in [0.3, 0.4) is 0 Å². The Morgan fingerprint density at radius 3 is 2.35 bits per heavy atom. The Morgan fingerprint density at radius 2 is 1.74 bits per heavy atom. The van der Waals surface area contributed by atoms with Gasteiger partial charge in [-0.05, 0) is 71.7 Å². The van der Waals surface area contributed by atoms with Crippen molar-refractivity contribution in [2.45, 2.75) is 71.8 Å². The molecule has 34 heavy (non-hydrogen) atoms. The van der Waals surface area contributed by atoms with Gasteiger partial charge in [0.25, 0.3) is 0 Å². The van der Waals surface area contributed by atoms with E-state index in [4.69, 9.17) is 9.47 Å². The van der Waals surface area contributed by atoms with E-state index in [0.717, 1.165) is 0 Å². The topological polar surface area (TPSA) is 92.2 Å². The highest BCUT2D eigenvalue weighted by Crippen LogP contribution is 2.42. The first-order valence-electron chi connectivity index (χ1n) is 11.2. The third-order valence-electron chi connectivity index (χ3n) is 4.90. The number of hydrogen-bond acceptors (Lipinski definition) is 6. The Hall–Kier alpha value is -3.39. The molecule has 2 heterocycles. The molecule has 1 aromatic heterocycles. The Balaban J connectivity index is 2.24. The van der Waals surface area contributed by atoms with E-state index >= 15 is 0 Å². The summed E-state index contributed by atoms with van der Waals surface area (Å²) in [5.41, 5.74) is 0.542. The molecule has 1 aliphatic rings. The number of aliphatic hydroxyl groups is 1. The molecular weight excluding hydrogens is 434 g/mol. The molecule has 0 fully saturated rings. The molecule has 8 heteroatoms. The summed E-state index contributed by atoms with van der Waals surface area (Å²) in [6, 6.07) is 8.63. The maximum Gasteiger partial charge on any atom is 0.420 e. The van der Waals surface area contributed by atoms with Crippen LogP contribution in [0.2, 0.25) is 0 Å².